The van der Waals surface area contributed by atoms with Crippen LogP contribution in [0.25, 0.3) is 16.6 Å². The highest BCUT2D eigenvalue weighted by Crippen LogP contribution is 2.42. The number of methoxy groups -OCH3 is 1. The van der Waals surface area contributed by atoms with Crippen LogP contribution in [0.15, 0.2) is 29.4 Å². The first kappa shape index (κ1) is 24.2. The van der Waals surface area contributed by atoms with Gasteiger partial charge in [0.15, 0.2) is 11.5 Å². The van der Waals surface area contributed by atoms with E-state index in [4.69, 9.17) is 19.2 Å². The lowest BCUT2D eigenvalue weighted by molar-refractivity contribution is -0.105. The predicted octanol–water partition coefficient (Wildman–Crippen LogP) is 2.98. The fourth-order valence-electron chi connectivity index (χ4n) is 4.62. The molecule has 8 nitrogen and oxygen atoms in total. The molecule has 34 heavy (non-hydrogen) atoms. The number of carbonyl (C=O) groups is 1. The summed E-state index contributed by atoms with van der Waals surface area (Å²) in [5.41, 5.74) is 4.28. The number of aryl methyl sites for hydroxylation is 1. The van der Waals surface area contributed by atoms with Crippen LogP contribution in [-0.2, 0) is 22.5 Å². The van der Waals surface area contributed by atoms with Crippen molar-refractivity contribution in [1.82, 2.24) is 9.88 Å². The molecule has 4 rings (SSSR count). The maximum absolute atomic E-state index is 11.9. The number of rotatable bonds is 9. The Morgan fingerprint density at radius 1 is 1.32 bits per heavy atom. The van der Waals surface area contributed by atoms with Crippen LogP contribution in [0.3, 0.4) is 0 Å². The summed E-state index contributed by atoms with van der Waals surface area (Å²) in [5.74, 6) is 1.35. The molecular weight excluding hydrogens is 436 g/mol. The summed E-state index contributed by atoms with van der Waals surface area (Å²) in [6.07, 6.45) is 4.36. The van der Waals surface area contributed by atoms with Crippen molar-refractivity contribution in [3.05, 3.63) is 46.2 Å². The van der Waals surface area contributed by atoms with E-state index in [9.17, 15) is 15.0 Å². The van der Waals surface area contributed by atoms with Crippen LogP contribution in [-0.4, -0.2) is 66.1 Å². The van der Waals surface area contributed by atoms with Gasteiger partial charge in [-0.2, -0.15) is 0 Å². The number of aliphatic hydroxyl groups excluding tert-OH is 1. The molecule has 2 aliphatic heterocycles. The molecule has 2 aromatic rings. The second-order valence-corrected chi connectivity index (χ2v) is 8.97. The summed E-state index contributed by atoms with van der Waals surface area (Å²) in [5, 5.41) is 21.6. The van der Waals surface area contributed by atoms with Crippen LogP contribution in [0.2, 0.25) is 0 Å². The van der Waals surface area contributed by atoms with Crippen LogP contribution in [0.4, 0.5) is 0 Å². The predicted molar refractivity (Wildman–Crippen MR) is 129 cm³/mol. The Bertz CT molecular complexity index is 1170. The van der Waals surface area contributed by atoms with Gasteiger partial charge in [0, 0.05) is 49.9 Å². The van der Waals surface area contributed by atoms with Crippen molar-refractivity contribution < 1.29 is 29.2 Å². The highest BCUT2D eigenvalue weighted by Gasteiger charge is 2.32. The van der Waals surface area contributed by atoms with Crippen molar-refractivity contribution in [2.24, 2.45) is 0 Å². The Morgan fingerprint density at radius 3 is 2.71 bits per heavy atom. The van der Waals surface area contributed by atoms with E-state index in [-0.39, 0.29) is 20.0 Å². The molecule has 0 fully saturated rings. The summed E-state index contributed by atoms with van der Waals surface area (Å²) < 4.78 is 16.4. The number of hydrogen-bond donors (Lipinski definition) is 2. The quantitative estimate of drug-likeness (QED) is 0.428. The van der Waals surface area contributed by atoms with Gasteiger partial charge in [-0.3, -0.25) is 4.79 Å². The van der Waals surface area contributed by atoms with Gasteiger partial charge in [-0.15, -0.1) is 0 Å². The molecule has 1 aromatic carbocycles. The summed E-state index contributed by atoms with van der Waals surface area (Å²) in [7, 11) is 3.49. The zero-order chi connectivity index (χ0) is 24.5. The van der Waals surface area contributed by atoms with Crippen molar-refractivity contribution in [2.75, 3.05) is 34.2 Å². The van der Waals surface area contributed by atoms with E-state index in [0.717, 1.165) is 39.7 Å². The van der Waals surface area contributed by atoms with E-state index >= 15 is 0 Å². The average molecular weight is 469 g/mol. The van der Waals surface area contributed by atoms with E-state index in [2.05, 4.69) is 4.90 Å². The zero-order valence-corrected chi connectivity index (χ0v) is 20.2. The third-order valence-corrected chi connectivity index (χ3v) is 6.67. The van der Waals surface area contributed by atoms with Gasteiger partial charge in [0.2, 0.25) is 6.79 Å². The van der Waals surface area contributed by atoms with Crippen LogP contribution >= 0.6 is 0 Å². The van der Waals surface area contributed by atoms with Crippen molar-refractivity contribution in [1.29, 1.82) is 0 Å². The molecule has 0 aliphatic carbocycles. The molecule has 182 valence electrons. The first-order valence-corrected chi connectivity index (χ1v) is 11.5. The Morgan fingerprint density at radius 2 is 2.06 bits per heavy atom. The number of carbonyl (C=O) groups excluding carboxylic acids is 1. The van der Waals surface area contributed by atoms with Gasteiger partial charge < -0.3 is 29.3 Å². The lowest BCUT2D eigenvalue weighted by atomic mass is 9.88. The van der Waals surface area contributed by atoms with Crippen molar-refractivity contribution >= 4 is 22.9 Å². The Kier molecular flexibility index (Phi) is 6.93. The fraction of sp³-hybridized carbons (Fsp3) is 0.462. The Hall–Kier alpha value is -2.94. The van der Waals surface area contributed by atoms with Gasteiger partial charge in [-0.25, -0.2) is 4.98 Å². The molecule has 1 atom stereocenters. The maximum atomic E-state index is 11.9. The molecule has 0 saturated heterocycles. The standard InChI is InChI=1S/C26H32N2O6/c1-5-26(2,31)20(16(13-30)14-32-4)10-22-25-19(12-28(22)3)17(7-6-8-29)18-9-23-24(34-15-33-23)11-21(18)27-25/h9-11,13,29,31H,5-8,12,14-15H2,1-4H3/b20-16-,22-10-/t26-/m0/s1. The second kappa shape index (κ2) is 9.74. The van der Waals surface area contributed by atoms with Crippen LogP contribution in [0, 0.1) is 0 Å². The van der Waals surface area contributed by atoms with Gasteiger partial charge >= 0.3 is 0 Å². The van der Waals surface area contributed by atoms with E-state index in [1.54, 1.807) is 6.92 Å². The maximum Gasteiger partial charge on any atom is 0.231 e. The lowest BCUT2D eigenvalue weighted by Crippen LogP contribution is -2.28. The van der Waals surface area contributed by atoms with Gasteiger partial charge in [-0.1, -0.05) is 6.92 Å². The minimum Gasteiger partial charge on any atom is -0.454 e. The van der Waals surface area contributed by atoms with Crippen LogP contribution < -0.4 is 9.47 Å². The van der Waals surface area contributed by atoms with Gasteiger partial charge in [0.05, 0.1) is 29.1 Å². The third kappa shape index (κ3) is 4.29. The SMILES string of the molecule is CC[C@](C)(O)C(/C=C1/c2nc3cc4c(cc3c(CCCO)c2CN1C)OCO4)=C(/C=O)COC. The first-order chi connectivity index (χ1) is 16.3. The van der Waals surface area contributed by atoms with E-state index in [0.29, 0.717) is 48.5 Å². The number of hydrogen-bond acceptors (Lipinski definition) is 8. The number of pyridine rings is 1. The number of aromatic nitrogens is 1. The number of ether oxygens (including phenoxy) is 3. The normalized spacial score (nSPS) is 18.3. The summed E-state index contributed by atoms with van der Waals surface area (Å²) in [4.78, 5) is 19.0. The highest BCUT2D eigenvalue weighted by atomic mass is 16.7. The number of fused-ring (bicyclic) bond motifs is 3. The summed E-state index contributed by atoms with van der Waals surface area (Å²) in [6.45, 7) is 4.58. The van der Waals surface area contributed by atoms with E-state index in [1.165, 1.54) is 7.11 Å². The molecule has 0 amide bonds. The molecule has 0 bridgehead atoms. The molecule has 0 saturated carbocycles. The number of nitrogens with zero attached hydrogens (tertiary/aromatic N) is 2. The van der Waals surface area contributed by atoms with Gasteiger partial charge in [-0.05, 0) is 49.5 Å². The molecular formula is C26H32N2O6. The molecule has 2 N–H and O–H groups in total. The minimum atomic E-state index is -1.21. The summed E-state index contributed by atoms with van der Waals surface area (Å²) in [6, 6.07) is 3.85. The van der Waals surface area contributed by atoms with Crippen molar-refractivity contribution in [2.45, 2.75) is 45.3 Å². The van der Waals surface area contributed by atoms with E-state index in [1.807, 2.05) is 32.2 Å². The molecule has 0 spiro atoms. The first-order valence-electron chi connectivity index (χ1n) is 11.5. The van der Waals surface area contributed by atoms with Crippen LogP contribution in [0.1, 0.15) is 43.5 Å². The molecule has 8 heteroatoms. The zero-order valence-electron chi connectivity index (χ0n) is 20.2. The molecule has 0 radical (unpaired) electrons. The number of aliphatic hydroxyl groups is 2. The van der Waals surface area contributed by atoms with Gasteiger partial charge in [0.1, 0.15) is 6.29 Å². The van der Waals surface area contributed by atoms with Crippen molar-refractivity contribution in [3.63, 3.8) is 0 Å². The van der Waals surface area contributed by atoms with Gasteiger partial charge in [0.25, 0.3) is 0 Å². The smallest absolute Gasteiger partial charge is 0.231 e. The molecule has 1 aromatic heterocycles. The monoisotopic (exact) mass is 468 g/mol. The molecule has 3 heterocycles. The average Bonchev–Trinajstić information content (AvgIpc) is 3.40. The topological polar surface area (TPSA) is 101 Å². The Labute approximate surface area is 199 Å². The number of aldehydes is 1. The molecule has 0 unspecified atom stereocenters. The fourth-order valence-corrected chi connectivity index (χ4v) is 4.62. The number of benzene rings is 1. The largest absolute Gasteiger partial charge is 0.454 e. The lowest BCUT2D eigenvalue weighted by Gasteiger charge is -2.26. The van der Waals surface area contributed by atoms with Crippen LogP contribution in [0.5, 0.6) is 11.5 Å². The highest BCUT2D eigenvalue weighted by molar-refractivity contribution is 5.91. The Balaban J connectivity index is 1.95. The minimum absolute atomic E-state index is 0.0909. The van der Waals surface area contributed by atoms with E-state index < -0.39 is 5.60 Å². The summed E-state index contributed by atoms with van der Waals surface area (Å²) >= 11 is 0. The second-order valence-electron chi connectivity index (χ2n) is 8.97. The third-order valence-electron chi connectivity index (χ3n) is 6.67. The van der Waals surface area contributed by atoms with Crippen molar-refractivity contribution in [3.8, 4) is 11.5 Å². The molecule has 2 aliphatic rings.